The van der Waals surface area contributed by atoms with Crippen molar-refractivity contribution < 1.29 is 9.53 Å². The number of hydrogen-bond donors (Lipinski definition) is 1. The quantitative estimate of drug-likeness (QED) is 0.846. The van der Waals surface area contributed by atoms with Crippen LogP contribution < -0.4 is 10.5 Å². The number of nitrogens with two attached hydrogens (primary N) is 1. The number of carbonyl (C=O) groups excluding carboxylic acids is 1. The number of aliphatic imine (C=N–C) groups is 1. The van der Waals surface area contributed by atoms with Crippen LogP contribution in [0.2, 0.25) is 0 Å². The van der Waals surface area contributed by atoms with Gasteiger partial charge in [0.15, 0.2) is 5.96 Å². The number of hydrogen-bond acceptors (Lipinski definition) is 6. The van der Waals surface area contributed by atoms with Crippen molar-refractivity contribution in [1.82, 2.24) is 9.88 Å². The van der Waals surface area contributed by atoms with Gasteiger partial charge in [-0.05, 0) is 34.5 Å². The molecule has 3 rings (SSSR count). The van der Waals surface area contributed by atoms with Crippen LogP contribution in [0.4, 0.5) is 0 Å². The molecule has 24 heavy (non-hydrogen) atoms. The molecule has 1 aliphatic heterocycles. The van der Waals surface area contributed by atoms with Gasteiger partial charge in [0.2, 0.25) is 11.8 Å². The van der Waals surface area contributed by atoms with Gasteiger partial charge in [-0.3, -0.25) is 9.69 Å². The predicted molar refractivity (Wildman–Crippen MR) is 97.3 cm³/mol. The molecular formula is C16H17BrN4O2S. The maximum Gasteiger partial charge on any atom is 0.239 e. The number of aromatic nitrogens is 1. The molecule has 0 fully saturated rings. The lowest BCUT2D eigenvalue weighted by Gasteiger charge is -2.39. The highest BCUT2D eigenvalue weighted by Gasteiger charge is 2.48. The summed E-state index contributed by atoms with van der Waals surface area (Å²) >= 11 is 5.01. The largest absolute Gasteiger partial charge is 0.481 e. The van der Waals surface area contributed by atoms with Crippen LogP contribution in [0.25, 0.3) is 0 Å². The van der Waals surface area contributed by atoms with Crippen LogP contribution in [0.15, 0.2) is 39.2 Å². The van der Waals surface area contributed by atoms with Gasteiger partial charge in [-0.25, -0.2) is 9.98 Å². The van der Waals surface area contributed by atoms with Crippen molar-refractivity contribution in [2.45, 2.75) is 18.4 Å². The van der Waals surface area contributed by atoms with Crippen molar-refractivity contribution in [3.8, 4) is 5.88 Å². The van der Waals surface area contributed by atoms with E-state index in [0.717, 1.165) is 14.9 Å². The molecule has 2 aromatic rings. The second-order valence-corrected chi connectivity index (χ2v) is 7.54. The zero-order valence-corrected chi connectivity index (χ0v) is 15.9. The molecule has 6 nitrogen and oxygen atoms in total. The highest BCUT2D eigenvalue weighted by atomic mass is 79.9. The van der Waals surface area contributed by atoms with Crippen LogP contribution in [0, 0.1) is 0 Å². The lowest BCUT2D eigenvalue weighted by atomic mass is 9.78. The molecule has 8 heteroatoms. The van der Waals surface area contributed by atoms with E-state index in [1.165, 1.54) is 4.90 Å². The molecule has 0 spiro atoms. The zero-order chi connectivity index (χ0) is 17.5. The van der Waals surface area contributed by atoms with E-state index in [0.29, 0.717) is 5.88 Å². The Kier molecular flexibility index (Phi) is 4.35. The summed E-state index contributed by atoms with van der Waals surface area (Å²) in [7, 11) is 3.19. The van der Waals surface area contributed by atoms with Gasteiger partial charge < -0.3 is 10.5 Å². The molecule has 1 amide bonds. The smallest absolute Gasteiger partial charge is 0.239 e. The minimum absolute atomic E-state index is 0.110. The molecule has 3 heterocycles. The van der Waals surface area contributed by atoms with Crippen molar-refractivity contribution in [2.75, 3.05) is 14.2 Å². The summed E-state index contributed by atoms with van der Waals surface area (Å²) < 4.78 is 6.06. The van der Waals surface area contributed by atoms with Gasteiger partial charge in [0.1, 0.15) is 5.54 Å². The number of halogens is 1. The third kappa shape index (κ3) is 2.69. The summed E-state index contributed by atoms with van der Waals surface area (Å²) in [5, 5.41) is 1.97. The van der Waals surface area contributed by atoms with Crippen LogP contribution in [0.1, 0.15) is 23.3 Å². The molecular weight excluding hydrogens is 392 g/mol. The van der Waals surface area contributed by atoms with Gasteiger partial charge in [0, 0.05) is 34.0 Å². The first-order valence-electron chi connectivity index (χ1n) is 7.24. The molecule has 0 saturated carbocycles. The van der Waals surface area contributed by atoms with E-state index in [1.807, 2.05) is 24.4 Å². The fourth-order valence-electron chi connectivity index (χ4n) is 2.85. The number of carbonyl (C=O) groups is 1. The van der Waals surface area contributed by atoms with Crippen LogP contribution >= 0.6 is 27.3 Å². The van der Waals surface area contributed by atoms with Gasteiger partial charge in [-0.15, -0.1) is 11.3 Å². The highest BCUT2D eigenvalue weighted by molar-refractivity contribution is 9.10. The topological polar surface area (TPSA) is 80.8 Å². The summed E-state index contributed by atoms with van der Waals surface area (Å²) in [6, 6.07) is 5.57. The van der Waals surface area contributed by atoms with Gasteiger partial charge in [-0.2, -0.15) is 0 Å². The maximum absolute atomic E-state index is 13.0. The van der Waals surface area contributed by atoms with E-state index >= 15 is 0 Å². The van der Waals surface area contributed by atoms with Crippen LogP contribution in [0.5, 0.6) is 5.88 Å². The second-order valence-electron chi connectivity index (χ2n) is 5.71. The minimum atomic E-state index is -0.791. The third-order valence-corrected chi connectivity index (χ3v) is 6.12. The van der Waals surface area contributed by atoms with Crippen molar-refractivity contribution in [2.24, 2.45) is 10.7 Å². The normalized spacial score (nSPS) is 24.0. The average molecular weight is 409 g/mol. The summed E-state index contributed by atoms with van der Waals surface area (Å²) in [6.07, 6.45) is 1.66. The fourth-order valence-corrected chi connectivity index (χ4v) is 4.42. The summed E-state index contributed by atoms with van der Waals surface area (Å²) in [6.45, 7) is 1.93. The van der Waals surface area contributed by atoms with Gasteiger partial charge >= 0.3 is 0 Å². The number of guanidine groups is 1. The molecule has 0 radical (unpaired) electrons. The number of amides is 1. The predicted octanol–water partition coefficient (Wildman–Crippen LogP) is 2.70. The Morgan fingerprint density at radius 1 is 1.46 bits per heavy atom. The number of nitrogens with zero attached hydrogens (tertiary/aromatic N) is 3. The van der Waals surface area contributed by atoms with Crippen molar-refractivity contribution in [3.05, 3.63) is 44.7 Å². The lowest BCUT2D eigenvalue weighted by molar-refractivity contribution is -0.130. The number of ether oxygens (including phenoxy) is 1. The molecule has 0 unspecified atom stereocenters. The van der Waals surface area contributed by atoms with Gasteiger partial charge in [0.25, 0.3) is 0 Å². The Hall–Kier alpha value is -1.93. The monoisotopic (exact) mass is 408 g/mol. The summed E-state index contributed by atoms with van der Waals surface area (Å²) in [5.74, 6) is 0.0870. The molecule has 1 aliphatic rings. The first-order chi connectivity index (χ1) is 11.4. The van der Waals surface area contributed by atoms with Gasteiger partial charge in [0.05, 0.1) is 13.0 Å². The molecule has 2 atom stereocenters. The SMILES string of the molecule is COc1ccc([C@H]2C(=O)N(C)C(N)=N[C@]2(C)c2cc(Br)cs2)cn1. The van der Waals surface area contributed by atoms with Gasteiger partial charge in [-0.1, -0.05) is 6.07 Å². The van der Waals surface area contributed by atoms with Crippen molar-refractivity contribution in [1.29, 1.82) is 0 Å². The zero-order valence-electron chi connectivity index (χ0n) is 13.5. The van der Waals surface area contributed by atoms with Crippen molar-refractivity contribution in [3.63, 3.8) is 0 Å². The first-order valence-corrected chi connectivity index (χ1v) is 8.91. The molecule has 126 valence electrons. The van der Waals surface area contributed by atoms with E-state index in [-0.39, 0.29) is 11.9 Å². The Bertz CT molecular complexity index is 805. The highest BCUT2D eigenvalue weighted by Crippen LogP contribution is 2.46. The van der Waals surface area contributed by atoms with E-state index in [4.69, 9.17) is 10.5 Å². The van der Waals surface area contributed by atoms with Crippen molar-refractivity contribution >= 4 is 39.1 Å². The molecule has 2 N–H and O–H groups in total. The summed E-state index contributed by atoms with van der Waals surface area (Å²) in [5.41, 5.74) is 5.97. The average Bonchev–Trinajstić information content (AvgIpc) is 3.01. The van der Waals surface area contributed by atoms with E-state index < -0.39 is 11.5 Å². The van der Waals surface area contributed by atoms with Crippen LogP contribution in [-0.4, -0.2) is 35.9 Å². The number of rotatable bonds is 3. The number of thiophene rings is 1. The minimum Gasteiger partial charge on any atom is -0.481 e. The maximum atomic E-state index is 13.0. The lowest BCUT2D eigenvalue weighted by Crippen LogP contribution is -2.52. The fraction of sp³-hybridized carbons (Fsp3) is 0.312. The standard InChI is InChI=1S/C16H17BrN4O2S/c1-16(11-6-10(17)8-24-11)13(14(22)21(2)15(18)20-16)9-4-5-12(23-3)19-7-9/h4-8,13H,1-3H3,(H2,18,20)/t13-,16+/m0/s1. The number of methoxy groups -OCH3 is 1. The molecule has 2 aromatic heterocycles. The molecule has 0 aliphatic carbocycles. The summed E-state index contributed by atoms with van der Waals surface area (Å²) in [4.78, 5) is 24.2. The molecule has 0 saturated heterocycles. The Morgan fingerprint density at radius 2 is 2.21 bits per heavy atom. The van der Waals surface area contributed by atoms with E-state index in [9.17, 15) is 4.79 Å². The Morgan fingerprint density at radius 3 is 2.75 bits per heavy atom. The Labute approximate surface area is 152 Å². The third-order valence-electron chi connectivity index (χ3n) is 4.20. The molecule has 0 aromatic carbocycles. The van der Waals surface area contributed by atoms with Crippen LogP contribution in [-0.2, 0) is 10.3 Å². The second kappa shape index (κ2) is 6.18. The first kappa shape index (κ1) is 16.9. The Balaban J connectivity index is 2.16. The number of likely N-dealkylation sites (N-methyl/N-ethyl adjacent to an activating group) is 1. The van der Waals surface area contributed by atoms with E-state index in [1.54, 1.807) is 37.8 Å². The molecule has 0 bridgehead atoms. The number of pyridine rings is 1. The van der Waals surface area contributed by atoms with Crippen LogP contribution in [0.3, 0.4) is 0 Å². The van der Waals surface area contributed by atoms with E-state index in [2.05, 4.69) is 25.9 Å².